The van der Waals surface area contributed by atoms with E-state index in [1.54, 1.807) is 6.07 Å². The molecule has 1 aromatic heterocycles. The van der Waals surface area contributed by atoms with Crippen LogP contribution in [-0.4, -0.2) is 30.6 Å². The molecule has 1 heterocycles. The summed E-state index contributed by atoms with van der Waals surface area (Å²) in [6.07, 6.45) is 1.63. The molecule has 1 rings (SSSR count). The van der Waals surface area contributed by atoms with Crippen molar-refractivity contribution in [3.05, 3.63) is 11.8 Å². The van der Waals surface area contributed by atoms with Gasteiger partial charge in [-0.3, -0.25) is 5.10 Å². The van der Waals surface area contributed by atoms with E-state index in [2.05, 4.69) is 10.2 Å². The van der Waals surface area contributed by atoms with Crippen LogP contribution < -0.4 is 5.73 Å². The molecule has 12 heavy (non-hydrogen) atoms. The number of nitrogens with two attached hydrogens (primary N) is 1. The molecular formula is C6H11N3O2S. The highest BCUT2D eigenvalue weighted by atomic mass is 32.2. The van der Waals surface area contributed by atoms with Crippen LogP contribution in [0.5, 0.6) is 0 Å². The van der Waals surface area contributed by atoms with Crippen LogP contribution in [0.25, 0.3) is 0 Å². The lowest BCUT2D eigenvalue weighted by Gasteiger charge is -1.93. The van der Waals surface area contributed by atoms with E-state index in [0.29, 0.717) is 12.2 Å². The van der Waals surface area contributed by atoms with E-state index in [0.717, 1.165) is 5.69 Å². The number of rotatable bonds is 3. The van der Waals surface area contributed by atoms with Gasteiger partial charge in [-0.1, -0.05) is 0 Å². The lowest BCUT2D eigenvalue weighted by atomic mass is 10.3. The number of aromatic nitrogens is 2. The fourth-order valence-corrected chi connectivity index (χ4v) is 1.39. The Morgan fingerprint density at radius 3 is 2.75 bits per heavy atom. The second-order valence-corrected chi connectivity index (χ2v) is 4.96. The zero-order valence-electron chi connectivity index (χ0n) is 6.74. The van der Waals surface area contributed by atoms with Crippen LogP contribution in [0.4, 0.5) is 5.82 Å². The maximum Gasteiger partial charge on any atom is 0.147 e. The quantitative estimate of drug-likeness (QED) is 0.675. The van der Waals surface area contributed by atoms with Gasteiger partial charge in [0.1, 0.15) is 15.7 Å². The Balaban J connectivity index is 2.55. The molecule has 0 aliphatic carbocycles. The van der Waals surface area contributed by atoms with E-state index in [4.69, 9.17) is 5.73 Å². The molecule has 68 valence electrons. The van der Waals surface area contributed by atoms with Crippen LogP contribution >= 0.6 is 0 Å². The van der Waals surface area contributed by atoms with Gasteiger partial charge in [-0.15, -0.1) is 0 Å². The molecule has 0 atom stereocenters. The van der Waals surface area contributed by atoms with Crippen LogP contribution in [0.1, 0.15) is 5.69 Å². The third-order valence-electron chi connectivity index (χ3n) is 1.39. The van der Waals surface area contributed by atoms with Gasteiger partial charge in [-0.05, 0) is 0 Å². The fourth-order valence-electron chi connectivity index (χ4n) is 0.803. The van der Waals surface area contributed by atoms with Gasteiger partial charge in [-0.2, -0.15) is 5.10 Å². The smallest absolute Gasteiger partial charge is 0.147 e. The first kappa shape index (κ1) is 9.05. The molecule has 0 radical (unpaired) electrons. The lowest BCUT2D eigenvalue weighted by molar-refractivity contribution is 0.600. The zero-order valence-corrected chi connectivity index (χ0v) is 7.56. The number of H-pyrrole nitrogens is 1. The average molecular weight is 189 g/mol. The minimum absolute atomic E-state index is 0.120. The van der Waals surface area contributed by atoms with Gasteiger partial charge in [-0.25, -0.2) is 8.42 Å². The van der Waals surface area contributed by atoms with Crippen molar-refractivity contribution in [2.45, 2.75) is 6.42 Å². The topological polar surface area (TPSA) is 88.8 Å². The highest BCUT2D eigenvalue weighted by Gasteiger charge is 2.04. The second-order valence-electron chi connectivity index (χ2n) is 2.70. The largest absolute Gasteiger partial charge is 0.382 e. The Kier molecular flexibility index (Phi) is 2.37. The molecule has 0 spiro atoms. The number of nitrogens with one attached hydrogen (secondary N) is 1. The monoisotopic (exact) mass is 189 g/mol. The molecule has 0 saturated carbocycles. The van der Waals surface area contributed by atoms with E-state index in [1.165, 1.54) is 6.26 Å². The molecule has 5 nitrogen and oxygen atoms in total. The number of nitrogen functional groups attached to an aromatic ring is 1. The van der Waals surface area contributed by atoms with Gasteiger partial charge < -0.3 is 5.73 Å². The summed E-state index contributed by atoms with van der Waals surface area (Å²) in [4.78, 5) is 0. The summed E-state index contributed by atoms with van der Waals surface area (Å²) in [6.45, 7) is 0. The second kappa shape index (κ2) is 3.14. The van der Waals surface area contributed by atoms with Gasteiger partial charge in [0, 0.05) is 24.4 Å². The first-order chi connectivity index (χ1) is 5.47. The Bertz CT molecular complexity index is 355. The van der Waals surface area contributed by atoms with Crippen LogP contribution in [0, 0.1) is 0 Å². The predicted octanol–water partition coefficient (Wildman–Crippen LogP) is -0.421. The zero-order chi connectivity index (χ0) is 9.19. The van der Waals surface area contributed by atoms with E-state index in [9.17, 15) is 8.42 Å². The normalized spacial score (nSPS) is 11.8. The average Bonchev–Trinajstić information content (AvgIpc) is 2.30. The number of aromatic amines is 1. The van der Waals surface area contributed by atoms with Crippen molar-refractivity contribution < 1.29 is 8.42 Å². The van der Waals surface area contributed by atoms with Crippen molar-refractivity contribution >= 4 is 15.7 Å². The molecule has 0 aliphatic rings. The fraction of sp³-hybridized carbons (Fsp3) is 0.500. The van der Waals surface area contributed by atoms with Gasteiger partial charge in [0.05, 0.1) is 5.75 Å². The van der Waals surface area contributed by atoms with Crippen LogP contribution in [0.2, 0.25) is 0 Å². The highest BCUT2D eigenvalue weighted by Crippen LogP contribution is 2.02. The number of sulfone groups is 1. The first-order valence-corrected chi connectivity index (χ1v) is 5.51. The van der Waals surface area contributed by atoms with Gasteiger partial charge in [0.2, 0.25) is 0 Å². The summed E-state index contributed by atoms with van der Waals surface area (Å²) in [5, 5.41) is 6.31. The summed E-state index contributed by atoms with van der Waals surface area (Å²) in [6, 6.07) is 1.63. The molecule has 0 bridgehead atoms. The third-order valence-corrected chi connectivity index (χ3v) is 2.34. The standard InChI is InChI=1S/C6H11N3O2S/c1-12(10,11)3-2-5-4-6(7)9-8-5/h4H,2-3H2,1H3,(H3,7,8,9). The van der Waals surface area contributed by atoms with Crippen LogP contribution in [0.3, 0.4) is 0 Å². The summed E-state index contributed by atoms with van der Waals surface area (Å²) in [7, 11) is -2.90. The van der Waals surface area contributed by atoms with Crippen LogP contribution in [0.15, 0.2) is 6.07 Å². The summed E-state index contributed by atoms with van der Waals surface area (Å²) >= 11 is 0. The summed E-state index contributed by atoms with van der Waals surface area (Å²) in [5.41, 5.74) is 6.07. The molecule has 0 fully saturated rings. The number of hydrogen-bond acceptors (Lipinski definition) is 4. The maximum absolute atomic E-state index is 10.7. The van der Waals surface area contributed by atoms with E-state index >= 15 is 0 Å². The number of anilines is 1. The van der Waals surface area contributed by atoms with E-state index in [1.807, 2.05) is 0 Å². The number of aryl methyl sites for hydroxylation is 1. The minimum Gasteiger partial charge on any atom is -0.382 e. The molecule has 0 unspecified atom stereocenters. The van der Waals surface area contributed by atoms with Crippen molar-refractivity contribution in [2.24, 2.45) is 0 Å². The molecule has 0 aliphatic heterocycles. The molecule has 6 heteroatoms. The molecule has 1 aromatic rings. The predicted molar refractivity (Wildman–Crippen MR) is 46.4 cm³/mol. The van der Waals surface area contributed by atoms with Gasteiger partial charge in [0.15, 0.2) is 0 Å². The Hall–Kier alpha value is -1.04. The summed E-state index contributed by atoms with van der Waals surface area (Å²) in [5.74, 6) is 0.507. The van der Waals surface area contributed by atoms with E-state index < -0.39 is 9.84 Å². The molecule has 0 saturated heterocycles. The molecule has 0 aromatic carbocycles. The van der Waals surface area contributed by atoms with E-state index in [-0.39, 0.29) is 5.75 Å². The van der Waals surface area contributed by atoms with Crippen molar-refractivity contribution in [2.75, 3.05) is 17.7 Å². The van der Waals surface area contributed by atoms with Crippen molar-refractivity contribution in [3.63, 3.8) is 0 Å². The molecule has 3 N–H and O–H groups in total. The van der Waals surface area contributed by atoms with Crippen molar-refractivity contribution in [3.8, 4) is 0 Å². The third kappa shape index (κ3) is 2.91. The Labute approximate surface area is 70.9 Å². The van der Waals surface area contributed by atoms with Crippen LogP contribution in [-0.2, 0) is 16.3 Å². The van der Waals surface area contributed by atoms with Crippen molar-refractivity contribution in [1.82, 2.24) is 10.2 Å². The lowest BCUT2D eigenvalue weighted by Crippen LogP contribution is -2.05. The summed E-state index contributed by atoms with van der Waals surface area (Å²) < 4.78 is 21.5. The molecule has 0 amide bonds. The molecular weight excluding hydrogens is 178 g/mol. The van der Waals surface area contributed by atoms with Gasteiger partial charge in [0.25, 0.3) is 0 Å². The Morgan fingerprint density at radius 1 is 1.67 bits per heavy atom. The highest BCUT2D eigenvalue weighted by molar-refractivity contribution is 7.90. The first-order valence-electron chi connectivity index (χ1n) is 3.45. The number of nitrogens with zero attached hydrogens (tertiary/aromatic N) is 1. The minimum atomic E-state index is -2.90. The number of hydrogen-bond donors (Lipinski definition) is 2. The van der Waals surface area contributed by atoms with Crippen molar-refractivity contribution in [1.29, 1.82) is 0 Å². The van der Waals surface area contributed by atoms with Gasteiger partial charge >= 0.3 is 0 Å². The Morgan fingerprint density at radius 2 is 2.33 bits per heavy atom. The SMILES string of the molecule is CS(=O)(=O)CCc1cc(N)n[nH]1. The maximum atomic E-state index is 10.7.